The Hall–Kier alpha value is -1.29. The van der Waals surface area contributed by atoms with Crippen molar-refractivity contribution in [1.82, 2.24) is 0 Å². The Balaban J connectivity index is 1.96. The van der Waals surface area contributed by atoms with Crippen LogP contribution in [0.4, 0.5) is 0 Å². The first-order valence-electron chi connectivity index (χ1n) is 7.02. The molecule has 0 saturated heterocycles. The van der Waals surface area contributed by atoms with Gasteiger partial charge in [0.05, 0.1) is 14.1 Å². The zero-order valence-electron chi connectivity index (χ0n) is 12.4. The van der Waals surface area contributed by atoms with E-state index in [1.165, 1.54) is 4.90 Å². The summed E-state index contributed by atoms with van der Waals surface area (Å²) in [6.07, 6.45) is 0. The average molecular weight is 295 g/mol. The van der Waals surface area contributed by atoms with Gasteiger partial charge in [-0.15, -0.1) is 0 Å². The van der Waals surface area contributed by atoms with Crippen LogP contribution in [0.2, 0.25) is 5.02 Å². The van der Waals surface area contributed by atoms with Crippen molar-refractivity contribution in [1.29, 1.82) is 0 Å². The largest absolute Gasteiger partial charge is 0.455 e. The van der Waals surface area contributed by atoms with Crippen molar-refractivity contribution in [2.45, 2.75) is 13.5 Å². The van der Waals surface area contributed by atoms with Gasteiger partial charge in [-0.1, -0.05) is 23.7 Å². The first kappa shape index (κ1) is 15.1. The molecule has 0 aliphatic carbocycles. The number of hydrogen-bond donors (Lipinski definition) is 2. The summed E-state index contributed by atoms with van der Waals surface area (Å²) in [6, 6.07) is 10.1. The summed E-state index contributed by atoms with van der Waals surface area (Å²) in [4.78, 5) is 1.47. The number of aryl methyl sites for hydroxylation is 1. The van der Waals surface area contributed by atoms with E-state index in [0.717, 1.165) is 47.3 Å². The van der Waals surface area contributed by atoms with Gasteiger partial charge in [0, 0.05) is 10.6 Å². The van der Waals surface area contributed by atoms with Crippen LogP contribution in [0.25, 0.3) is 11.3 Å². The molecule has 2 rings (SSSR count). The van der Waals surface area contributed by atoms with Crippen LogP contribution in [0.5, 0.6) is 0 Å². The molecule has 1 aromatic heterocycles. The van der Waals surface area contributed by atoms with Gasteiger partial charge in [0.25, 0.3) is 0 Å². The SMILES string of the molecule is Cc1ccc(-c2ccc(C[NH2+]CC[NH+](C)C)o2)cc1Cl. The van der Waals surface area contributed by atoms with E-state index < -0.39 is 0 Å². The molecule has 2 aromatic rings. The van der Waals surface area contributed by atoms with E-state index in [1.54, 1.807) is 0 Å². The minimum atomic E-state index is 0.779. The van der Waals surface area contributed by atoms with E-state index in [0.29, 0.717) is 0 Å². The standard InChI is InChI=1S/C16H21ClN2O/c1-12-4-5-13(10-15(12)17)16-7-6-14(20-16)11-18-8-9-19(2)3/h4-7,10,18H,8-9,11H2,1-3H3/p+2. The Morgan fingerprint density at radius 1 is 1.20 bits per heavy atom. The number of nitrogens with one attached hydrogen (secondary N) is 1. The van der Waals surface area contributed by atoms with Crippen LogP contribution < -0.4 is 10.2 Å². The molecule has 0 unspecified atom stereocenters. The summed E-state index contributed by atoms with van der Waals surface area (Å²) in [5.74, 6) is 1.89. The molecule has 108 valence electrons. The summed E-state index contributed by atoms with van der Waals surface area (Å²) in [5.41, 5.74) is 2.12. The predicted octanol–water partition coefficient (Wildman–Crippen LogP) is 1.12. The van der Waals surface area contributed by atoms with Crippen LogP contribution in [0.1, 0.15) is 11.3 Å². The van der Waals surface area contributed by atoms with E-state index in [9.17, 15) is 0 Å². The first-order chi connectivity index (χ1) is 9.56. The van der Waals surface area contributed by atoms with Gasteiger partial charge in [-0.25, -0.2) is 0 Å². The lowest BCUT2D eigenvalue weighted by molar-refractivity contribution is -0.875. The molecule has 4 heteroatoms. The molecule has 1 heterocycles. The van der Waals surface area contributed by atoms with Gasteiger partial charge in [0.1, 0.15) is 25.4 Å². The lowest BCUT2D eigenvalue weighted by Crippen LogP contribution is -3.09. The molecule has 3 N–H and O–H groups in total. The summed E-state index contributed by atoms with van der Waals surface area (Å²) in [7, 11) is 4.33. The zero-order chi connectivity index (χ0) is 14.5. The molecule has 0 radical (unpaired) electrons. The fourth-order valence-electron chi connectivity index (χ4n) is 2.02. The topological polar surface area (TPSA) is 34.2 Å². The van der Waals surface area contributed by atoms with Crippen LogP contribution in [-0.4, -0.2) is 27.2 Å². The second kappa shape index (κ2) is 6.93. The first-order valence-corrected chi connectivity index (χ1v) is 7.40. The summed E-state index contributed by atoms with van der Waals surface area (Å²) < 4.78 is 5.87. The number of furan rings is 1. The molecule has 0 amide bonds. The predicted molar refractivity (Wildman–Crippen MR) is 82.1 cm³/mol. The van der Waals surface area contributed by atoms with Crippen LogP contribution in [0, 0.1) is 6.92 Å². The second-order valence-corrected chi connectivity index (χ2v) is 5.88. The van der Waals surface area contributed by atoms with Crippen molar-refractivity contribution < 1.29 is 14.6 Å². The second-order valence-electron chi connectivity index (χ2n) is 5.47. The summed E-state index contributed by atoms with van der Waals surface area (Å²) in [5, 5.41) is 3.05. The lowest BCUT2D eigenvalue weighted by Gasteiger charge is -2.05. The minimum absolute atomic E-state index is 0.779. The normalized spacial score (nSPS) is 11.2. The number of benzene rings is 1. The van der Waals surface area contributed by atoms with Crippen LogP contribution in [-0.2, 0) is 6.54 Å². The maximum absolute atomic E-state index is 6.15. The number of hydrogen-bond acceptors (Lipinski definition) is 1. The molecular weight excluding hydrogens is 272 g/mol. The summed E-state index contributed by atoms with van der Waals surface area (Å²) >= 11 is 6.15. The Bertz CT molecular complexity index is 563. The van der Waals surface area contributed by atoms with Gasteiger partial charge < -0.3 is 14.6 Å². The smallest absolute Gasteiger partial charge is 0.158 e. The molecule has 0 bridgehead atoms. The zero-order valence-corrected chi connectivity index (χ0v) is 13.1. The van der Waals surface area contributed by atoms with Crippen molar-refractivity contribution in [3.05, 3.63) is 46.7 Å². The highest BCUT2D eigenvalue weighted by Gasteiger charge is 2.07. The molecule has 20 heavy (non-hydrogen) atoms. The fraction of sp³-hybridized carbons (Fsp3) is 0.375. The highest BCUT2D eigenvalue weighted by molar-refractivity contribution is 6.31. The van der Waals surface area contributed by atoms with Crippen molar-refractivity contribution in [3.8, 4) is 11.3 Å². The van der Waals surface area contributed by atoms with E-state index in [-0.39, 0.29) is 0 Å². The van der Waals surface area contributed by atoms with Gasteiger partial charge in [0.15, 0.2) is 5.76 Å². The van der Waals surface area contributed by atoms with E-state index in [2.05, 4.69) is 19.4 Å². The van der Waals surface area contributed by atoms with Gasteiger partial charge >= 0.3 is 0 Å². The van der Waals surface area contributed by atoms with Crippen molar-refractivity contribution in [2.24, 2.45) is 0 Å². The quantitative estimate of drug-likeness (QED) is 0.769. The maximum Gasteiger partial charge on any atom is 0.158 e. The summed E-state index contributed by atoms with van der Waals surface area (Å²) in [6.45, 7) is 5.14. The maximum atomic E-state index is 6.15. The van der Waals surface area contributed by atoms with E-state index in [4.69, 9.17) is 16.0 Å². The molecule has 0 aliphatic heterocycles. The Morgan fingerprint density at radius 3 is 2.70 bits per heavy atom. The molecule has 0 spiro atoms. The molecule has 0 atom stereocenters. The van der Waals surface area contributed by atoms with Gasteiger partial charge in [-0.2, -0.15) is 0 Å². The third kappa shape index (κ3) is 4.10. The molecular formula is C16H23ClN2O+2. The highest BCUT2D eigenvalue weighted by Crippen LogP contribution is 2.26. The molecule has 0 aliphatic rings. The van der Waals surface area contributed by atoms with Crippen molar-refractivity contribution >= 4 is 11.6 Å². The van der Waals surface area contributed by atoms with E-state index in [1.807, 2.05) is 37.3 Å². The Kier molecular flexibility index (Phi) is 5.24. The minimum Gasteiger partial charge on any atom is -0.455 e. The van der Waals surface area contributed by atoms with E-state index >= 15 is 0 Å². The molecule has 3 nitrogen and oxygen atoms in total. The average Bonchev–Trinajstić information content (AvgIpc) is 2.86. The molecule has 0 saturated carbocycles. The number of nitrogens with two attached hydrogens (primary N) is 1. The number of likely N-dealkylation sites (N-methyl/N-ethyl adjacent to an activating group) is 1. The molecule has 0 fully saturated rings. The Labute approximate surface area is 125 Å². The lowest BCUT2D eigenvalue weighted by atomic mass is 10.1. The van der Waals surface area contributed by atoms with Crippen LogP contribution in [0.15, 0.2) is 34.7 Å². The van der Waals surface area contributed by atoms with Crippen molar-refractivity contribution in [2.75, 3.05) is 27.2 Å². The van der Waals surface area contributed by atoms with Crippen molar-refractivity contribution in [3.63, 3.8) is 0 Å². The van der Waals surface area contributed by atoms with Crippen LogP contribution >= 0.6 is 11.6 Å². The van der Waals surface area contributed by atoms with Gasteiger partial charge in [-0.3, -0.25) is 0 Å². The highest BCUT2D eigenvalue weighted by atomic mass is 35.5. The number of quaternary nitrogens is 2. The van der Waals surface area contributed by atoms with Gasteiger partial charge in [0.2, 0.25) is 0 Å². The number of rotatable bonds is 6. The van der Waals surface area contributed by atoms with Gasteiger partial charge in [-0.05, 0) is 30.7 Å². The number of halogens is 1. The third-order valence-corrected chi connectivity index (χ3v) is 3.72. The monoisotopic (exact) mass is 294 g/mol. The fourth-order valence-corrected chi connectivity index (χ4v) is 2.20. The van der Waals surface area contributed by atoms with Crippen LogP contribution in [0.3, 0.4) is 0 Å². The molecule has 1 aromatic carbocycles. The third-order valence-electron chi connectivity index (χ3n) is 3.31. The Morgan fingerprint density at radius 2 is 2.00 bits per heavy atom.